The number of aromatic nitrogens is 1. The number of benzene rings is 1. The van der Waals surface area contributed by atoms with Crippen molar-refractivity contribution >= 4 is 5.91 Å². The van der Waals surface area contributed by atoms with Gasteiger partial charge in [0.25, 0.3) is 0 Å². The Bertz CT molecular complexity index is 611. The molecule has 1 aromatic carbocycles. The molecule has 1 heterocycles. The molecule has 1 amide bonds. The molecule has 5 heteroatoms. The number of amides is 1. The summed E-state index contributed by atoms with van der Waals surface area (Å²) in [5.41, 5.74) is 8.51. The van der Waals surface area contributed by atoms with Gasteiger partial charge in [-0.3, -0.25) is 9.78 Å². The van der Waals surface area contributed by atoms with Gasteiger partial charge in [-0.2, -0.15) is 0 Å². The summed E-state index contributed by atoms with van der Waals surface area (Å²) in [6, 6.07) is 11.7. The molecule has 110 valence electrons. The molecule has 0 saturated carbocycles. The lowest BCUT2D eigenvalue weighted by Crippen LogP contribution is -2.41. The van der Waals surface area contributed by atoms with Crippen molar-refractivity contribution in [3.63, 3.8) is 0 Å². The van der Waals surface area contributed by atoms with Crippen molar-refractivity contribution in [3.05, 3.63) is 59.4 Å². The van der Waals surface area contributed by atoms with Crippen LogP contribution >= 0.6 is 0 Å². The highest BCUT2D eigenvalue weighted by molar-refractivity contribution is 5.81. The lowest BCUT2D eigenvalue weighted by molar-refractivity contribution is -0.122. The average Bonchev–Trinajstić information content (AvgIpc) is 2.47. The van der Waals surface area contributed by atoms with Crippen molar-refractivity contribution in [2.45, 2.75) is 25.9 Å². The van der Waals surface area contributed by atoms with E-state index in [2.05, 4.69) is 10.3 Å². The maximum Gasteiger partial charge on any atom is 0.237 e. The molecule has 2 rings (SSSR count). The SMILES string of the molecule is Cc1cccc(CNC(=O)[C@@H](N)Cc2ccc(O)cc2)n1. The Kier molecular flexibility index (Phi) is 4.90. The molecule has 2 aromatic rings. The minimum Gasteiger partial charge on any atom is -0.508 e. The molecular weight excluding hydrogens is 266 g/mol. The fourth-order valence-electron chi connectivity index (χ4n) is 1.99. The van der Waals surface area contributed by atoms with E-state index in [1.807, 2.05) is 25.1 Å². The highest BCUT2D eigenvalue weighted by Gasteiger charge is 2.13. The summed E-state index contributed by atoms with van der Waals surface area (Å²) in [4.78, 5) is 16.3. The summed E-state index contributed by atoms with van der Waals surface area (Å²) in [7, 11) is 0. The van der Waals surface area contributed by atoms with Crippen LogP contribution in [-0.2, 0) is 17.8 Å². The Morgan fingerprint density at radius 2 is 2.00 bits per heavy atom. The summed E-state index contributed by atoms with van der Waals surface area (Å²) in [6.45, 7) is 2.27. The van der Waals surface area contributed by atoms with Crippen molar-refractivity contribution in [2.24, 2.45) is 5.73 Å². The van der Waals surface area contributed by atoms with Gasteiger partial charge in [-0.15, -0.1) is 0 Å². The third-order valence-electron chi connectivity index (χ3n) is 3.12. The molecule has 1 atom stereocenters. The molecule has 0 bridgehead atoms. The van der Waals surface area contributed by atoms with E-state index in [1.165, 1.54) is 0 Å². The maximum absolute atomic E-state index is 12.0. The Morgan fingerprint density at radius 3 is 2.67 bits per heavy atom. The van der Waals surface area contributed by atoms with E-state index < -0.39 is 6.04 Å². The minimum absolute atomic E-state index is 0.197. The second kappa shape index (κ2) is 6.85. The smallest absolute Gasteiger partial charge is 0.237 e. The van der Waals surface area contributed by atoms with Crippen molar-refractivity contribution in [1.82, 2.24) is 10.3 Å². The van der Waals surface area contributed by atoms with Gasteiger partial charge in [0.05, 0.1) is 18.3 Å². The third kappa shape index (κ3) is 4.57. The Morgan fingerprint density at radius 1 is 1.29 bits per heavy atom. The molecule has 0 radical (unpaired) electrons. The van der Waals surface area contributed by atoms with E-state index in [-0.39, 0.29) is 11.7 Å². The second-order valence-corrected chi connectivity index (χ2v) is 4.97. The summed E-state index contributed by atoms with van der Waals surface area (Å²) in [5.74, 6) is -0.0197. The topological polar surface area (TPSA) is 88.2 Å². The van der Waals surface area contributed by atoms with E-state index in [0.29, 0.717) is 13.0 Å². The quantitative estimate of drug-likeness (QED) is 0.772. The molecule has 0 aliphatic heterocycles. The highest BCUT2D eigenvalue weighted by Crippen LogP contribution is 2.10. The van der Waals surface area contributed by atoms with E-state index in [1.54, 1.807) is 24.3 Å². The molecule has 0 spiro atoms. The van der Waals surface area contributed by atoms with Crippen LogP contribution in [0.5, 0.6) is 5.75 Å². The summed E-state index contributed by atoms with van der Waals surface area (Å²) < 4.78 is 0. The summed E-state index contributed by atoms with van der Waals surface area (Å²) in [6.07, 6.45) is 0.424. The molecule has 5 nitrogen and oxygen atoms in total. The van der Waals surface area contributed by atoms with Gasteiger partial charge < -0.3 is 16.2 Å². The number of rotatable bonds is 5. The number of aryl methyl sites for hydroxylation is 1. The van der Waals surface area contributed by atoms with Gasteiger partial charge in [0.15, 0.2) is 0 Å². The van der Waals surface area contributed by atoms with Crippen LogP contribution in [0.15, 0.2) is 42.5 Å². The first-order valence-electron chi connectivity index (χ1n) is 6.78. The number of hydrogen-bond acceptors (Lipinski definition) is 4. The number of hydrogen-bond donors (Lipinski definition) is 3. The molecule has 0 aliphatic rings. The molecule has 0 unspecified atom stereocenters. The van der Waals surface area contributed by atoms with E-state index in [4.69, 9.17) is 5.73 Å². The van der Waals surface area contributed by atoms with Crippen molar-refractivity contribution < 1.29 is 9.90 Å². The minimum atomic E-state index is -0.626. The van der Waals surface area contributed by atoms with Crippen LogP contribution in [0.2, 0.25) is 0 Å². The predicted molar refractivity (Wildman–Crippen MR) is 80.6 cm³/mol. The zero-order valence-corrected chi connectivity index (χ0v) is 11.9. The predicted octanol–water partition coefficient (Wildman–Crippen LogP) is 1.28. The van der Waals surface area contributed by atoms with Crippen molar-refractivity contribution in [1.29, 1.82) is 0 Å². The monoisotopic (exact) mass is 285 g/mol. The maximum atomic E-state index is 12.0. The first-order valence-corrected chi connectivity index (χ1v) is 6.78. The molecular formula is C16H19N3O2. The van der Waals surface area contributed by atoms with E-state index >= 15 is 0 Å². The fraction of sp³-hybridized carbons (Fsp3) is 0.250. The fourth-order valence-corrected chi connectivity index (χ4v) is 1.99. The largest absolute Gasteiger partial charge is 0.508 e. The molecule has 0 aliphatic carbocycles. The number of nitrogens with two attached hydrogens (primary N) is 1. The Hall–Kier alpha value is -2.40. The van der Waals surface area contributed by atoms with Gasteiger partial charge in [0.2, 0.25) is 5.91 Å². The second-order valence-electron chi connectivity index (χ2n) is 4.97. The number of carbonyl (C=O) groups excluding carboxylic acids is 1. The normalized spacial score (nSPS) is 11.9. The number of nitrogens with zero attached hydrogens (tertiary/aromatic N) is 1. The zero-order chi connectivity index (χ0) is 15.2. The van der Waals surface area contributed by atoms with Crippen LogP contribution in [-0.4, -0.2) is 22.0 Å². The van der Waals surface area contributed by atoms with Gasteiger partial charge in [0, 0.05) is 5.69 Å². The summed E-state index contributed by atoms with van der Waals surface area (Å²) in [5, 5.41) is 12.0. The first kappa shape index (κ1) is 15.0. The number of nitrogens with one attached hydrogen (secondary N) is 1. The lowest BCUT2D eigenvalue weighted by atomic mass is 10.1. The standard InChI is InChI=1S/C16H19N3O2/c1-11-3-2-4-13(19-11)10-18-16(21)15(17)9-12-5-7-14(20)8-6-12/h2-8,15,20H,9-10,17H2,1H3,(H,18,21)/t15-/m0/s1. The number of phenols is 1. The van der Waals surface area contributed by atoms with Crippen LogP contribution in [0.3, 0.4) is 0 Å². The summed E-state index contributed by atoms with van der Waals surface area (Å²) >= 11 is 0. The molecule has 4 N–H and O–H groups in total. The van der Waals surface area contributed by atoms with Gasteiger partial charge in [-0.1, -0.05) is 18.2 Å². The third-order valence-corrected chi connectivity index (χ3v) is 3.12. The van der Waals surface area contributed by atoms with Gasteiger partial charge in [-0.25, -0.2) is 0 Å². The van der Waals surface area contributed by atoms with E-state index in [9.17, 15) is 9.90 Å². The van der Waals surface area contributed by atoms with Gasteiger partial charge in [-0.05, 0) is 43.2 Å². The molecule has 1 aromatic heterocycles. The van der Waals surface area contributed by atoms with Crippen LogP contribution in [0.1, 0.15) is 17.0 Å². The van der Waals surface area contributed by atoms with Crippen molar-refractivity contribution in [3.8, 4) is 5.75 Å². The number of aromatic hydroxyl groups is 1. The van der Waals surface area contributed by atoms with Crippen LogP contribution in [0, 0.1) is 6.92 Å². The molecule has 0 fully saturated rings. The highest BCUT2D eigenvalue weighted by atomic mass is 16.3. The van der Waals surface area contributed by atoms with Gasteiger partial charge in [0.1, 0.15) is 5.75 Å². The Labute approximate surface area is 123 Å². The van der Waals surface area contributed by atoms with Crippen LogP contribution in [0.25, 0.3) is 0 Å². The van der Waals surface area contributed by atoms with Gasteiger partial charge >= 0.3 is 0 Å². The van der Waals surface area contributed by atoms with Crippen LogP contribution < -0.4 is 11.1 Å². The molecule has 0 saturated heterocycles. The van der Waals surface area contributed by atoms with Crippen LogP contribution in [0.4, 0.5) is 0 Å². The van der Waals surface area contributed by atoms with E-state index in [0.717, 1.165) is 17.0 Å². The zero-order valence-electron chi connectivity index (χ0n) is 11.9. The van der Waals surface area contributed by atoms with Crippen molar-refractivity contribution in [2.75, 3.05) is 0 Å². The lowest BCUT2D eigenvalue weighted by Gasteiger charge is -2.12. The number of phenolic OH excluding ortho intramolecular Hbond substituents is 1. The molecule has 21 heavy (non-hydrogen) atoms. The number of carbonyl (C=O) groups is 1. The first-order chi connectivity index (χ1) is 10.0. The average molecular weight is 285 g/mol. The Balaban J connectivity index is 1.86. The number of pyridine rings is 1.